The summed E-state index contributed by atoms with van der Waals surface area (Å²) in [6.45, 7) is 0.864. The third-order valence-corrected chi connectivity index (χ3v) is 2.13. The highest BCUT2D eigenvalue weighted by atomic mass is 35.5. The van der Waals surface area contributed by atoms with E-state index in [9.17, 15) is 4.39 Å². The summed E-state index contributed by atoms with van der Waals surface area (Å²) in [4.78, 5) is 3.72. The van der Waals surface area contributed by atoms with E-state index in [1.165, 1.54) is 6.20 Å². The monoisotopic (exact) mass is 234 g/mol. The standard InChI is InChI=1S/C9H12ClFN2O2/c1-9(4-14,5-15)13-8-7(11)2-6(10)3-12-8/h2-3,14-15H,4-5H2,1H3,(H,12,13). The molecular weight excluding hydrogens is 223 g/mol. The number of pyridine rings is 1. The molecule has 0 amide bonds. The summed E-state index contributed by atoms with van der Waals surface area (Å²) in [5, 5.41) is 20.8. The second kappa shape index (κ2) is 4.74. The maximum absolute atomic E-state index is 13.3. The Kier molecular flexibility index (Phi) is 3.84. The molecule has 0 saturated carbocycles. The first-order chi connectivity index (χ1) is 7.00. The lowest BCUT2D eigenvalue weighted by molar-refractivity contribution is 0.147. The molecule has 1 aromatic heterocycles. The number of aliphatic hydroxyl groups is 2. The fourth-order valence-corrected chi connectivity index (χ4v) is 1.07. The average Bonchev–Trinajstić information content (AvgIpc) is 2.22. The van der Waals surface area contributed by atoms with E-state index in [2.05, 4.69) is 10.3 Å². The molecule has 0 aliphatic carbocycles. The molecular formula is C9H12ClFN2O2. The van der Waals surface area contributed by atoms with Crippen LogP contribution >= 0.6 is 11.6 Å². The van der Waals surface area contributed by atoms with Gasteiger partial charge in [-0.2, -0.15) is 0 Å². The van der Waals surface area contributed by atoms with Crippen LogP contribution in [-0.4, -0.2) is 33.9 Å². The van der Waals surface area contributed by atoms with Crippen LogP contribution in [0.2, 0.25) is 5.02 Å². The number of hydrogen-bond donors (Lipinski definition) is 3. The first-order valence-corrected chi connectivity index (χ1v) is 4.69. The van der Waals surface area contributed by atoms with Crippen molar-refractivity contribution in [1.82, 2.24) is 4.98 Å². The van der Waals surface area contributed by atoms with Gasteiger partial charge in [-0.05, 0) is 13.0 Å². The number of hydrogen-bond acceptors (Lipinski definition) is 4. The van der Waals surface area contributed by atoms with E-state index in [4.69, 9.17) is 21.8 Å². The molecule has 15 heavy (non-hydrogen) atoms. The van der Waals surface area contributed by atoms with Crippen molar-refractivity contribution in [3.8, 4) is 0 Å². The van der Waals surface area contributed by atoms with Crippen LogP contribution in [0.4, 0.5) is 10.2 Å². The molecule has 4 nitrogen and oxygen atoms in total. The number of rotatable bonds is 4. The van der Waals surface area contributed by atoms with E-state index in [0.717, 1.165) is 6.07 Å². The molecule has 0 aromatic carbocycles. The number of aliphatic hydroxyl groups excluding tert-OH is 2. The number of nitrogens with one attached hydrogen (secondary N) is 1. The van der Waals surface area contributed by atoms with Gasteiger partial charge in [0.05, 0.1) is 23.8 Å². The highest BCUT2D eigenvalue weighted by Gasteiger charge is 2.23. The fraction of sp³-hybridized carbons (Fsp3) is 0.444. The van der Waals surface area contributed by atoms with Gasteiger partial charge in [0, 0.05) is 6.20 Å². The maximum Gasteiger partial charge on any atom is 0.166 e. The molecule has 1 heterocycles. The third-order valence-electron chi connectivity index (χ3n) is 1.93. The summed E-state index contributed by atoms with van der Waals surface area (Å²) < 4.78 is 13.3. The molecule has 0 aliphatic heterocycles. The first kappa shape index (κ1) is 12.2. The molecule has 84 valence electrons. The topological polar surface area (TPSA) is 65.4 Å². The fourth-order valence-electron chi connectivity index (χ4n) is 0.921. The van der Waals surface area contributed by atoms with Crippen molar-refractivity contribution in [3.05, 3.63) is 23.1 Å². The minimum absolute atomic E-state index is 0.0509. The molecule has 0 unspecified atom stereocenters. The van der Waals surface area contributed by atoms with Crippen molar-refractivity contribution in [2.75, 3.05) is 18.5 Å². The van der Waals surface area contributed by atoms with E-state index >= 15 is 0 Å². The van der Waals surface area contributed by atoms with E-state index in [-0.39, 0.29) is 24.1 Å². The van der Waals surface area contributed by atoms with Crippen LogP contribution in [-0.2, 0) is 0 Å². The molecule has 0 atom stereocenters. The highest BCUT2D eigenvalue weighted by molar-refractivity contribution is 6.30. The summed E-state index contributed by atoms with van der Waals surface area (Å²) in [5.74, 6) is -0.680. The van der Waals surface area contributed by atoms with Crippen LogP contribution in [0, 0.1) is 5.82 Å². The maximum atomic E-state index is 13.3. The van der Waals surface area contributed by atoms with Gasteiger partial charge in [-0.3, -0.25) is 0 Å². The number of anilines is 1. The van der Waals surface area contributed by atoms with Crippen LogP contribution in [0.3, 0.4) is 0 Å². The van der Waals surface area contributed by atoms with Crippen molar-refractivity contribution in [1.29, 1.82) is 0 Å². The molecule has 6 heteroatoms. The zero-order valence-corrected chi connectivity index (χ0v) is 8.92. The van der Waals surface area contributed by atoms with Crippen LogP contribution in [0.1, 0.15) is 6.92 Å². The van der Waals surface area contributed by atoms with Gasteiger partial charge in [-0.15, -0.1) is 0 Å². The lowest BCUT2D eigenvalue weighted by Crippen LogP contribution is -2.43. The molecule has 1 rings (SSSR count). The Labute approximate surface area is 91.7 Å². The molecule has 0 spiro atoms. The van der Waals surface area contributed by atoms with Crippen molar-refractivity contribution in [3.63, 3.8) is 0 Å². The Balaban J connectivity index is 2.89. The smallest absolute Gasteiger partial charge is 0.166 e. The lowest BCUT2D eigenvalue weighted by Gasteiger charge is -2.26. The summed E-state index contributed by atoms with van der Waals surface area (Å²) in [6, 6.07) is 1.10. The van der Waals surface area contributed by atoms with Gasteiger partial charge < -0.3 is 15.5 Å². The molecule has 1 aromatic rings. The number of aromatic nitrogens is 1. The van der Waals surface area contributed by atoms with E-state index in [1.807, 2.05) is 0 Å². The SMILES string of the molecule is CC(CO)(CO)Nc1ncc(Cl)cc1F. The summed E-state index contributed by atoms with van der Waals surface area (Å²) in [6.07, 6.45) is 1.28. The normalized spacial score (nSPS) is 11.5. The quantitative estimate of drug-likeness (QED) is 0.728. The Bertz CT molecular complexity index is 345. The van der Waals surface area contributed by atoms with Gasteiger partial charge in [-0.1, -0.05) is 11.6 Å². The Morgan fingerprint density at radius 3 is 2.60 bits per heavy atom. The van der Waals surface area contributed by atoms with Gasteiger partial charge in [0.25, 0.3) is 0 Å². The number of halogens is 2. The van der Waals surface area contributed by atoms with E-state index < -0.39 is 11.4 Å². The Hall–Kier alpha value is -0.910. The zero-order chi connectivity index (χ0) is 11.5. The van der Waals surface area contributed by atoms with Gasteiger partial charge >= 0.3 is 0 Å². The summed E-state index contributed by atoms with van der Waals surface area (Å²) in [5.41, 5.74) is -1.01. The second-order valence-corrected chi connectivity index (χ2v) is 3.92. The molecule has 3 N–H and O–H groups in total. The predicted molar refractivity (Wildman–Crippen MR) is 55.4 cm³/mol. The average molecular weight is 235 g/mol. The Morgan fingerprint density at radius 2 is 2.13 bits per heavy atom. The minimum atomic E-state index is -1.01. The van der Waals surface area contributed by atoms with Crippen LogP contribution in [0.25, 0.3) is 0 Å². The second-order valence-electron chi connectivity index (χ2n) is 3.49. The van der Waals surface area contributed by atoms with Crippen LogP contribution in [0.15, 0.2) is 12.3 Å². The van der Waals surface area contributed by atoms with Crippen molar-refractivity contribution >= 4 is 17.4 Å². The van der Waals surface area contributed by atoms with Gasteiger partial charge in [-0.25, -0.2) is 9.37 Å². The molecule has 0 saturated heterocycles. The summed E-state index contributed by atoms with van der Waals surface area (Å²) >= 11 is 5.53. The minimum Gasteiger partial charge on any atom is -0.394 e. The predicted octanol–water partition coefficient (Wildman–Crippen LogP) is 1.03. The molecule has 0 radical (unpaired) electrons. The largest absolute Gasteiger partial charge is 0.394 e. The zero-order valence-electron chi connectivity index (χ0n) is 8.17. The summed E-state index contributed by atoms with van der Waals surface area (Å²) in [7, 11) is 0. The van der Waals surface area contributed by atoms with Crippen LogP contribution < -0.4 is 5.32 Å². The van der Waals surface area contributed by atoms with E-state index in [1.54, 1.807) is 6.92 Å². The first-order valence-electron chi connectivity index (χ1n) is 4.32. The molecule has 0 fully saturated rings. The Morgan fingerprint density at radius 1 is 1.53 bits per heavy atom. The molecule has 0 aliphatic rings. The van der Waals surface area contributed by atoms with Crippen molar-refractivity contribution in [2.24, 2.45) is 0 Å². The van der Waals surface area contributed by atoms with Gasteiger partial charge in [0.15, 0.2) is 11.6 Å². The van der Waals surface area contributed by atoms with Crippen molar-refractivity contribution < 1.29 is 14.6 Å². The van der Waals surface area contributed by atoms with Crippen LogP contribution in [0.5, 0.6) is 0 Å². The highest BCUT2D eigenvalue weighted by Crippen LogP contribution is 2.19. The third kappa shape index (κ3) is 3.02. The van der Waals surface area contributed by atoms with Gasteiger partial charge in [0.1, 0.15) is 0 Å². The van der Waals surface area contributed by atoms with Crippen molar-refractivity contribution in [2.45, 2.75) is 12.5 Å². The molecule has 0 bridgehead atoms. The lowest BCUT2D eigenvalue weighted by atomic mass is 10.1. The van der Waals surface area contributed by atoms with Gasteiger partial charge in [0.2, 0.25) is 0 Å². The van der Waals surface area contributed by atoms with E-state index in [0.29, 0.717) is 0 Å². The number of nitrogens with zero attached hydrogens (tertiary/aromatic N) is 1.